The van der Waals surface area contributed by atoms with Gasteiger partial charge in [0.25, 0.3) is 0 Å². The topological polar surface area (TPSA) is 32.3 Å². The van der Waals surface area contributed by atoms with Crippen LogP contribution < -0.4 is 5.32 Å². The quantitative estimate of drug-likeness (QED) is 0.604. The van der Waals surface area contributed by atoms with Gasteiger partial charge >= 0.3 is 6.11 Å². The van der Waals surface area contributed by atoms with Crippen LogP contribution in [0.25, 0.3) is 0 Å². The van der Waals surface area contributed by atoms with Gasteiger partial charge in [0.1, 0.15) is 0 Å². The van der Waals surface area contributed by atoms with Crippen molar-refractivity contribution >= 4 is 0 Å². The van der Waals surface area contributed by atoms with E-state index < -0.39 is 12.5 Å². The molecule has 2 nitrogen and oxygen atoms in total. The van der Waals surface area contributed by atoms with Crippen molar-refractivity contribution in [3.8, 4) is 0 Å². The lowest BCUT2D eigenvalue weighted by Crippen LogP contribution is -2.21. The van der Waals surface area contributed by atoms with E-state index >= 15 is 0 Å². The number of hydrogen-bond donors (Lipinski definition) is 2. The van der Waals surface area contributed by atoms with E-state index in [-0.39, 0.29) is 5.92 Å². The highest BCUT2D eigenvalue weighted by Crippen LogP contribution is 2.23. The number of alkyl halides is 2. The van der Waals surface area contributed by atoms with Gasteiger partial charge in [0, 0.05) is 6.42 Å². The lowest BCUT2D eigenvalue weighted by Gasteiger charge is -2.12. The zero-order chi connectivity index (χ0) is 7.61. The third-order valence-corrected chi connectivity index (χ3v) is 1.70. The van der Waals surface area contributed by atoms with E-state index in [4.69, 9.17) is 5.11 Å². The Hall–Kier alpha value is -0.220. The second-order valence-corrected chi connectivity index (χ2v) is 2.73. The predicted octanol–water partition coefficient (Wildman–Crippen LogP) is 0.571. The second-order valence-electron chi connectivity index (χ2n) is 2.73. The van der Waals surface area contributed by atoms with E-state index in [0.29, 0.717) is 6.54 Å². The van der Waals surface area contributed by atoms with E-state index in [1.165, 1.54) is 0 Å². The Morgan fingerprint density at radius 3 is 2.70 bits per heavy atom. The molecule has 0 spiro atoms. The molecular weight excluding hydrogens is 140 g/mol. The standard InChI is InChI=1S/C6H11F2NO/c7-6(8,10)3-5-1-2-9-4-5/h5,9-10H,1-4H2. The van der Waals surface area contributed by atoms with Crippen molar-refractivity contribution in [1.29, 1.82) is 0 Å². The molecule has 1 atom stereocenters. The Labute approximate surface area is 58.2 Å². The first kappa shape index (κ1) is 7.88. The molecule has 2 N–H and O–H groups in total. The summed E-state index contributed by atoms with van der Waals surface area (Å²) < 4.78 is 23.8. The van der Waals surface area contributed by atoms with Gasteiger partial charge in [-0.15, -0.1) is 0 Å². The molecule has 60 valence electrons. The van der Waals surface area contributed by atoms with Gasteiger partial charge in [0.05, 0.1) is 0 Å². The summed E-state index contributed by atoms with van der Waals surface area (Å²) in [6.07, 6.45) is -3.13. The third kappa shape index (κ3) is 2.58. The number of hydrogen-bond acceptors (Lipinski definition) is 2. The largest absolute Gasteiger partial charge is 0.353 e. The molecule has 1 unspecified atom stereocenters. The van der Waals surface area contributed by atoms with E-state index in [1.54, 1.807) is 0 Å². The summed E-state index contributed by atoms with van der Waals surface area (Å²) in [7, 11) is 0. The van der Waals surface area contributed by atoms with Gasteiger partial charge in [-0.2, -0.15) is 8.78 Å². The fraction of sp³-hybridized carbons (Fsp3) is 1.00. The summed E-state index contributed by atoms with van der Waals surface area (Å²) in [5, 5.41) is 11.1. The average molecular weight is 151 g/mol. The predicted molar refractivity (Wildman–Crippen MR) is 32.8 cm³/mol. The highest BCUT2D eigenvalue weighted by molar-refractivity contribution is 4.73. The van der Waals surface area contributed by atoms with Crippen LogP contribution in [0.1, 0.15) is 12.8 Å². The molecule has 4 heteroatoms. The fourth-order valence-electron chi connectivity index (χ4n) is 1.24. The molecule has 0 amide bonds. The SMILES string of the molecule is OC(F)(F)CC1CCNC1. The highest BCUT2D eigenvalue weighted by Gasteiger charge is 2.30. The van der Waals surface area contributed by atoms with Crippen LogP contribution in [0.4, 0.5) is 8.78 Å². The van der Waals surface area contributed by atoms with Crippen LogP contribution in [0.5, 0.6) is 0 Å². The monoisotopic (exact) mass is 151 g/mol. The van der Waals surface area contributed by atoms with E-state index in [2.05, 4.69) is 5.32 Å². The maximum absolute atomic E-state index is 11.9. The van der Waals surface area contributed by atoms with Crippen molar-refractivity contribution in [3.63, 3.8) is 0 Å². The molecule has 0 bridgehead atoms. The van der Waals surface area contributed by atoms with Gasteiger partial charge < -0.3 is 10.4 Å². The van der Waals surface area contributed by atoms with E-state index in [0.717, 1.165) is 13.0 Å². The molecule has 0 aromatic carbocycles. The average Bonchev–Trinajstić information content (AvgIpc) is 2.12. The van der Waals surface area contributed by atoms with Crippen LogP contribution >= 0.6 is 0 Å². The number of halogens is 2. The van der Waals surface area contributed by atoms with Gasteiger partial charge in [-0.05, 0) is 25.4 Å². The van der Waals surface area contributed by atoms with Crippen molar-refractivity contribution in [2.24, 2.45) is 5.92 Å². The van der Waals surface area contributed by atoms with Crippen LogP contribution in [0.3, 0.4) is 0 Å². The number of aliphatic hydroxyl groups is 1. The molecule has 1 rings (SSSR count). The van der Waals surface area contributed by atoms with Gasteiger partial charge in [-0.1, -0.05) is 0 Å². The van der Waals surface area contributed by atoms with Crippen molar-refractivity contribution < 1.29 is 13.9 Å². The first-order valence-electron chi connectivity index (χ1n) is 3.39. The molecule has 1 saturated heterocycles. The smallest absolute Gasteiger partial charge is 0.336 e. The highest BCUT2D eigenvalue weighted by atomic mass is 19.3. The Bertz CT molecular complexity index is 107. The van der Waals surface area contributed by atoms with E-state index in [9.17, 15) is 8.78 Å². The summed E-state index contributed by atoms with van der Waals surface area (Å²) in [4.78, 5) is 0. The maximum atomic E-state index is 11.9. The van der Waals surface area contributed by atoms with Crippen LogP contribution in [0.2, 0.25) is 0 Å². The minimum atomic E-state index is -3.48. The molecule has 1 aliphatic rings. The Morgan fingerprint density at radius 1 is 1.60 bits per heavy atom. The van der Waals surface area contributed by atoms with Gasteiger partial charge in [-0.25, -0.2) is 0 Å². The summed E-state index contributed by atoms with van der Waals surface area (Å²) in [5.41, 5.74) is 0. The Balaban J connectivity index is 2.24. The van der Waals surface area contributed by atoms with Crippen LogP contribution in [-0.4, -0.2) is 24.3 Å². The molecule has 0 saturated carbocycles. The van der Waals surface area contributed by atoms with Crippen molar-refractivity contribution in [2.45, 2.75) is 19.0 Å². The van der Waals surface area contributed by atoms with Crippen LogP contribution in [0.15, 0.2) is 0 Å². The summed E-state index contributed by atoms with van der Waals surface area (Å²) >= 11 is 0. The molecular formula is C6H11F2NO. The Kier molecular flexibility index (Phi) is 2.21. The van der Waals surface area contributed by atoms with Crippen LogP contribution in [0, 0.1) is 5.92 Å². The first-order chi connectivity index (χ1) is 4.58. The number of rotatable bonds is 2. The third-order valence-electron chi connectivity index (χ3n) is 1.70. The lowest BCUT2D eigenvalue weighted by molar-refractivity contribution is -0.209. The minimum absolute atomic E-state index is 0.0556. The van der Waals surface area contributed by atoms with E-state index in [1.807, 2.05) is 0 Å². The molecule has 1 fully saturated rings. The normalized spacial score (nSPS) is 27.3. The molecule has 0 aromatic rings. The van der Waals surface area contributed by atoms with Crippen LogP contribution in [-0.2, 0) is 0 Å². The first-order valence-corrected chi connectivity index (χ1v) is 3.39. The number of nitrogens with one attached hydrogen (secondary N) is 1. The summed E-state index contributed by atoms with van der Waals surface area (Å²) in [6.45, 7) is 1.40. The fourth-order valence-corrected chi connectivity index (χ4v) is 1.24. The minimum Gasteiger partial charge on any atom is -0.336 e. The zero-order valence-corrected chi connectivity index (χ0v) is 5.61. The molecule has 0 aliphatic carbocycles. The van der Waals surface area contributed by atoms with Crippen molar-refractivity contribution in [3.05, 3.63) is 0 Å². The molecule has 10 heavy (non-hydrogen) atoms. The lowest BCUT2D eigenvalue weighted by atomic mass is 10.1. The summed E-state index contributed by atoms with van der Waals surface area (Å²) in [5.74, 6) is -0.0556. The molecule has 0 radical (unpaired) electrons. The second kappa shape index (κ2) is 2.80. The Morgan fingerprint density at radius 2 is 2.30 bits per heavy atom. The van der Waals surface area contributed by atoms with Gasteiger partial charge in [-0.3, -0.25) is 0 Å². The molecule has 1 aliphatic heterocycles. The zero-order valence-electron chi connectivity index (χ0n) is 5.61. The molecule has 1 heterocycles. The van der Waals surface area contributed by atoms with Crippen molar-refractivity contribution in [1.82, 2.24) is 5.32 Å². The maximum Gasteiger partial charge on any atom is 0.353 e. The summed E-state index contributed by atoms with van der Waals surface area (Å²) in [6, 6.07) is 0. The van der Waals surface area contributed by atoms with Crippen molar-refractivity contribution in [2.75, 3.05) is 13.1 Å². The molecule has 0 aromatic heterocycles. The van der Waals surface area contributed by atoms with Gasteiger partial charge in [0.15, 0.2) is 0 Å². The van der Waals surface area contributed by atoms with Gasteiger partial charge in [0.2, 0.25) is 0 Å².